The molecule has 1 aromatic carbocycles. The molecule has 0 amide bonds. The zero-order chi connectivity index (χ0) is 12.4. The second-order valence-corrected chi connectivity index (χ2v) is 4.11. The number of rotatable bonds is 1. The molecule has 0 fully saturated rings. The molecule has 0 N–H and O–H groups in total. The molecule has 0 saturated carbocycles. The molecule has 0 atom stereocenters. The van der Waals surface area contributed by atoms with Gasteiger partial charge in [-0.05, 0) is 34.1 Å². The smallest absolute Gasteiger partial charge is 0.141 e. The Bertz CT molecular complexity index is 603. The molecule has 0 bridgehead atoms. The minimum atomic E-state index is -0.744. The Morgan fingerprint density at radius 3 is 2.53 bits per heavy atom. The Kier molecular flexibility index (Phi) is 3.16. The van der Waals surface area contributed by atoms with E-state index in [1.165, 1.54) is 6.20 Å². The van der Waals surface area contributed by atoms with Gasteiger partial charge in [-0.25, -0.2) is 13.8 Å². The molecule has 0 unspecified atom stereocenters. The summed E-state index contributed by atoms with van der Waals surface area (Å²) < 4.78 is 27.6. The van der Waals surface area contributed by atoms with Crippen LogP contribution < -0.4 is 0 Å². The van der Waals surface area contributed by atoms with Crippen molar-refractivity contribution in [1.82, 2.24) is 4.98 Å². The second kappa shape index (κ2) is 4.60. The lowest BCUT2D eigenvalue weighted by Gasteiger charge is -2.04. The quantitative estimate of drug-likeness (QED) is 0.753. The lowest BCUT2D eigenvalue weighted by atomic mass is 10.0. The first kappa shape index (κ1) is 11.7. The first-order valence-electron chi connectivity index (χ1n) is 4.63. The van der Waals surface area contributed by atoms with Crippen LogP contribution in [0, 0.1) is 23.0 Å². The molecule has 0 aliphatic heterocycles. The van der Waals surface area contributed by atoms with Gasteiger partial charge in [0.1, 0.15) is 22.3 Å². The molecule has 0 radical (unpaired) electrons. The Labute approximate surface area is 105 Å². The van der Waals surface area contributed by atoms with E-state index < -0.39 is 11.6 Å². The maximum absolute atomic E-state index is 13.6. The van der Waals surface area contributed by atoms with Gasteiger partial charge >= 0.3 is 0 Å². The Morgan fingerprint density at radius 2 is 1.94 bits per heavy atom. The number of benzene rings is 1. The maximum Gasteiger partial charge on any atom is 0.141 e. The van der Waals surface area contributed by atoms with Crippen LogP contribution in [0.2, 0.25) is 0 Å². The molecular weight excluding hydrogens is 290 g/mol. The summed E-state index contributed by atoms with van der Waals surface area (Å²) in [7, 11) is 0. The zero-order valence-corrected chi connectivity index (χ0v) is 10.0. The van der Waals surface area contributed by atoms with E-state index in [1.54, 1.807) is 18.2 Å². The lowest BCUT2D eigenvalue weighted by molar-refractivity contribution is 0.600. The number of pyridine rings is 1. The van der Waals surface area contributed by atoms with Gasteiger partial charge in [-0.3, -0.25) is 0 Å². The third-order valence-electron chi connectivity index (χ3n) is 2.22. The molecule has 2 rings (SSSR count). The van der Waals surface area contributed by atoms with Crippen molar-refractivity contribution < 1.29 is 8.78 Å². The van der Waals surface area contributed by atoms with Crippen LogP contribution in [0.25, 0.3) is 11.1 Å². The van der Waals surface area contributed by atoms with Gasteiger partial charge in [0.25, 0.3) is 0 Å². The normalized spacial score (nSPS) is 10.0. The molecular formula is C12H5BrF2N2. The van der Waals surface area contributed by atoms with E-state index >= 15 is 0 Å². The fourth-order valence-electron chi connectivity index (χ4n) is 1.39. The van der Waals surface area contributed by atoms with Crippen molar-refractivity contribution in [1.29, 1.82) is 5.26 Å². The highest BCUT2D eigenvalue weighted by atomic mass is 79.9. The topological polar surface area (TPSA) is 36.7 Å². The standard InChI is InChI=1S/C12H5BrF2N2/c13-12-2-1-7(6-17-12)9-4-10(14)8(5-16)3-11(9)15/h1-4,6H. The molecule has 2 aromatic rings. The third kappa shape index (κ3) is 2.32. The van der Waals surface area contributed by atoms with Gasteiger partial charge in [0.2, 0.25) is 0 Å². The molecule has 0 saturated heterocycles. The number of halogens is 3. The Hall–Kier alpha value is -1.80. The van der Waals surface area contributed by atoms with Crippen LogP contribution in [0.3, 0.4) is 0 Å². The summed E-state index contributed by atoms with van der Waals surface area (Å²) in [5, 5.41) is 8.57. The summed E-state index contributed by atoms with van der Waals surface area (Å²) in [5.74, 6) is -1.39. The maximum atomic E-state index is 13.6. The molecule has 5 heteroatoms. The van der Waals surface area contributed by atoms with Gasteiger partial charge in [-0.1, -0.05) is 6.07 Å². The zero-order valence-electron chi connectivity index (χ0n) is 8.42. The molecule has 0 spiro atoms. The van der Waals surface area contributed by atoms with Crippen molar-refractivity contribution in [2.75, 3.05) is 0 Å². The van der Waals surface area contributed by atoms with Gasteiger partial charge in [0.15, 0.2) is 0 Å². The van der Waals surface area contributed by atoms with Crippen molar-refractivity contribution in [3.63, 3.8) is 0 Å². The molecule has 17 heavy (non-hydrogen) atoms. The number of hydrogen-bond acceptors (Lipinski definition) is 2. The number of nitrogens with zero attached hydrogens (tertiary/aromatic N) is 2. The monoisotopic (exact) mass is 294 g/mol. The number of aromatic nitrogens is 1. The van der Waals surface area contributed by atoms with E-state index in [4.69, 9.17) is 5.26 Å². The van der Waals surface area contributed by atoms with E-state index in [9.17, 15) is 8.78 Å². The predicted octanol–water partition coefficient (Wildman–Crippen LogP) is 3.66. The highest BCUT2D eigenvalue weighted by molar-refractivity contribution is 9.10. The lowest BCUT2D eigenvalue weighted by Crippen LogP contribution is -1.91. The number of nitriles is 1. The summed E-state index contributed by atoms with van der Waals surface area (Å²) in [5.41, 5.74) is 0.229. The van der Waals surface area contributed by atoms with E-state index in [-0.39, 0.29) is 11.1 Å². The van der Waals surface area contributed by atoms with E-state index in [1.807, 2.05) is 0 Å². The van der Waals surface area contributed by atoms with E-state index in [2.05, 4.69) is 20.9 Å². The predicted molar refractivity (Wildman–Crippen MR) is 62.0 cm³/mol. The molecule has 84 valence electrons. The fraction of sp³-hybridized carbons (Fsp3) is 0. The molecule has 1 heterocycles. The highest BCUT2D eigenvalue weighted by Gasteiger charge is 2.11. The average Bonchev–Trinajstić information content (AvgIpc) is 2.33. The van der Waals surface area contributed by atoms with Gasteiger partial charge in [0.05, 0.1) is 5.56 Å². The van der Waals surface area contributed by atoms with Gasteiger partial charge in [0, 0.05) is 17.3 Å². The molecule has 0 aliphatic carbocycles. The van der Waals surface area contributed by atoms with Crippen LogP contribution in [0.15, 0.2) is 35.1 Å². The van der Waals surface area contributed by atoms with Crippen LogP contribution in [-0.2, 0) is 0 Å². The largest absolute Gasteiger partial charge is 0.249 e. The van der Waals surface area contributed by atoms with Crippen molar-refractivity contribution >= 4 is 15.9 Å². The van der Waals surface area contributed by atoms with Crippen molar-refractivity contribution in [2.24, 2.45) is 0 Å². The minimum Gasteiger partial charge on any atom is -0.249 e. The third-order valence-corrected chi connectivity index (χ3v) is 2.68. The summed E-state index contributed by atoms with van der Waals surface area (Å²) in [4.78, 5) is 3.93. The first-order valence-corrected chi connectivity index (χ1v) is 5.42. The summed E-state index contributed by atoms with van der Waals surface area (Å²) in [6.45, 7) is 0. The average molecular weight is 295 g/mol. The second-order valence-electron chi connectivity index (χ2n) is 3.29. The van der Waals surface area contributed by atoms with E-state index in [0.717, 1.165) is 12.1 Å². The molecule has 1 aromatic heterocycles. The van der Waals surface area contributed by atoms with Crippen molar-refractivity contribution in [3.05, 3.63) is 52.3 Å². The summed E-state index contributed by atoms with van der Waals surface area (Å²) in [6, 6.07) is 6.71. The van der Waals surface area contributed by atoms with Gasteiger partial charge in [-0.15, -0.1) is 0 Å². The van der Waals surface area contributed by atoms with Crippen LogP contribution in [0.4, 0.5) is 8.78 Å². The summed E-state index contributed by atoms with van der Waals surface area (Å²) in [6.07, 6.45) is 1.42. The fourth-order valence-corrected chi connectivity index (χ4v) is 1.62. The van der Waals surface area contributed by atoms with Gasteiger partial charge in [-0.2, -0.15) is 5.26 Å². The van der Waals surface area contributed by atoms with Gasteiger partial charge < -0.3 is 0 Å². The molecule has 2 nitrogen and oxygen atoms in total. The number of hydrogen-bond donors (Lipinski definition) is 0. The molecule has 0 aliphatic rings. The van der Waals surface area contributed by atoms with E-state index in [0.29, 0.717) is 10.2 Å². The Morgan fingerprint density at radius 1 is 1.18 bits per heavy atom. The van der Waals surface area contributed by atoms with Crippen LogP contribution in [0.5, 0.6) is 0 Å². The summed E-state index contributed by atoms with van der Waals surface area (Å²) >= 11 is 3.15. The van der Waals surface area contributed by atoms with Crippen LogP contribution in [0.1, 0.15) is 5.56 Å². The van der Waals surface area contributed by atoms with Crippen LogP contribution in [-0.4, -0.2) is 4.98 Å². The Balaban J connectivity index is 2.57. The van der Waals surface area contributed by atoms with Crippen molar-refractivity contribution in [2.45, 2.75) is 0 Å². The SMILES string of the molecule is N#Cc1cc(F)c(-c2ccc(Br)nc2)cc1F. The van der Waals surface area contributed by atoms with Crippen LogP contribution >= 0.6 is 15.9 Å². The minimum absolute atomic E-state index is 0.0847. The highest BCUT2D eigenvalue weighted by Crippen LogP contribution is 2.25. The first-order chi connectivity index (χ1) is 8.11. The van der Waals surface area contributed by atoms with Crippen molar-refractivity contribution in [3.8, 4) is 17.2 Å².